The first-order valence-corrected chi connectivity index (χ1v) is 10.2. The van der Waals surface area contributed by atoms with E-state index in [0.717, 1.165) is 30.9 Å². The van der Waals surface area contributed by atoms with Gasteiger partial charge in [0.05, 0.1) is 4.90 Å². The topological polar surface area (TPSA) is 49.4 Å². The van der Waals surface area contributed by atoms with Crippen molar-refractivity contribution < 1.29 is 8.42 Å². The van der Waals surface area contributed by atoms with Gasteiger partial charge in [0.25, 0.3) is 0 Å². The van der Waals surface area contributed by atoms with Gasteiger partial charge in [-0.15, -0.1) is 0 Å². The molecule has 1 aliphatic carbocycles. The summed E-state index contributed by atoms with van der Waals surface area (Å²) >= 11 is 3.42. The van der Waals surface area contributed by atoms with Crippen molar-refractivity contribution in [1.82, 2.24) is 9.62 Å². The Labute approximate surface area is 141 Å². The Bertz CT molecular complexity index is 636. The van der Waals surface area contributed by atoms with Gasteiger partial charge in [0.15, 0.2) is 0 Å². The number of piperidine rings is 1. The van der Waals surface area contributed by atoms with Crippen LogP contribution in [0.2, 0.25) is 0 Å². The molecule has 0 aromatic heterocycles. The van der Waals surface area contributed by atoms with Crippen molar-refractivity contribution in [3.05, 3.63) is 28.2 Å². The maximum absolute atomic E-state index is 12.8. The van der Waals surface area contributed by atoms with Crippen molar-refractivity contribution in [3.63, 3.8) is 0 Å². The Morgan fingerprint density at radius 2 is 1.91 bits per heavy atom. The van der Waals surface area contributed by atoms with Crippen molar-refractivity contribution in [1.29, 1.82) is 0 Å². The Morgan fingerprint density at radius 1 is 1.23 bits per heavy atom. The first-order valence-electron chi connectivity index (χ1n) is 7.97. The van der Waals surface area contributed by atoms with Gasteiger partial charge >= 0.3 is 0 Å². The van der Waals surface area contributed by atoms with E-state index >= 15 is 0 Å². The van der Waals surface area contributed by atoms with E-state index in [1.54, 1.807) is 16.4 Å². The molecule has 6 heteroatoms. The number of aryl methyl sites for hydroxylation is 1. The maximum Gasteiger partial charge on any atom is 0.244 e. The molecule has 1 aliphatic heterocycles. The molecule has 1 saturated carbocycles. The van der Waals surface area contributed by atoms with Crippen molar-refractivity contribution in [2.45, 2.75) is 43.5 Å². The van der Waals surface area contributed by atoms with E-state index in [1.807, 2.05) is 13.0 Å². The van der Waals surface area contributed by atoms with Crippen LogP contribution in [0.15, 0.2) is 27.6 Å². The number of hydrogen-bond donors (Lipinski definition) is 1. The largest absolute Gasteiger partial charge is 0.314 e. The fourth-order valence-electron chi connectivity index (χ4n) is 2.91. The van der Waals surface area contributed by atoms with E-state index in [-0.39, 0.29) is 0 Å². The molecule has 0 unspecified atom stereocenters. The molecular weight excluding hydrogens is 364 g/mol. The van der Waals surface area contributed by atoms with E-state index in [4.69, 9.17) is 0 Å². The summed E-state index contributed by atoms with van der Waals surface area (Å²) in [6.45, 7) is 4.22. The smallest absolute Gasteiger partial charge is 0.244 e. The van der Waals surface area contributed by atoms with Crippen LogP contribution in [0.25, 0.3) is 0 Å². The zero-order valence-corrected chi connectivity index (χ0v) is 15.3. The molecule has 1 aromatic rings. The Hall–Kier alpha value is -0.430. The number of benzene rings is 1. The van der Waals surface area contributed by atoms with Crippen LogP contribution in [0.5, 0.6) is 0 Å². The monoisotopic (exact) mass is 386 g/mol. The second-order valence-corrected chi connectivity index (χ2v) is 9.12. The summed E-state index contributed by atoms with van der Waals surface area (Å²) in [5, 5.41) is 3.59. The third-order valence-electron chi connectivity index (χ3n) is 4.62. The number of hydrogen-bond acceptors (Lipinski definition) is 3. The molecule has 0 radical (unpaired) electrons. The van der Waals surface area contributed by atoms with Crippen LogP contribution in [-0.4, -0.2) is 38.4 Å². The normalized spacial score (nSPS) is 21.2. The lowest BCUT2D eigenvalue weighted by atomic mass is 10.1. The first kappa shape index (κ1) is 16.4. The molecule has 122 valence electrons. The number of sulfonamides is 1. The van der Waals surface area contributed by atoms with Gasteiger partial charge < -0.3 is 5.32 Å². The minimum atomic E-state index is -3.40. The Balaban J connectivity index is 1.65. The summed E-state index contributed by atoms with van der Waals surface area (Å²) < 4.78 is 27.9. The van der Waals surface area contributed by atoms with E-state index in [9.17, 15) is 8.42 Å². The molecular formula is C16H23BrN2O2S. The summed E-state index contributed by atoms with van der Waals surface area (Å²) in [4.78, 5) is 0.386. The van der Waals surface area contributed by atoms with E-state index in [2.05, 4.69) is 21.2 Å². The number of nitrogens with zero attached hydrogens (tertiary/aromatic N) is 1. The molecule has 3 rings (SSSR count). The van der Waals surface area contributed by atoms with Gasteiger partial charge in [-0.2, -0.15) is 4.31 Å². The number of rotatable bonds is 5. The second-order valence-electron chi connectivity index (χ2n) is 6.42. The predicted molar refractivity (Wildman–Crippen MR) is 91.4 cm³/mol. The van der Waals surface area contributed by atoms with Crippen LogP contribution in [0.3, 0.4) is 0 Å². The first-order chi connectivity index (χ1) is 10.5. The molecule has 0 amide bonds. The average Bonchev–Trinajstić information content (AvgIpc) is 3.32. The lowest BCUT2D eigenvalue weighted by molar-refractivity contribution is 0.288. The van der Waals surface area contributed by atoms with Crippen molar-refractivity contribution in [2.75, 3.05) is 19.6 Å². The van der Waals surface area contributed by atoms with E-state index in [0.29, 0.717) is 28.5 Å². The highest BCUT2D eigenvalue weighted by molar-refractivity contribution is 9.10. The average molecular weight is 387 g/mol. The third-order valence-corrected chi connectivity index (χ3v) is 7.88. The van der Waals surface area contributed by atoms with Crippen LogP contribution >= 0.6 is 15.9 Å². The Kier molecular flexibility index (Phi) is 4.92. The minimum Gasteiger partial charge on any atom is -0.314 e. The van der Waals surface area contributed by atoms with Gasteiger partial charge in [-0.25, -0.2) is 8.42 Å². The highest BCUT2D eigenvalue weighted by Gasteiger charge is 2.31. The molecule has 0 atom stereocenters. The number of halogens is 1. The highest BCUT2D eigenvalue weighted by atomic mass is 79.9. The standard InChI is InChI=1S/C16H23BrN2O2S/c1-12-3-2-4-15(16(12)17)22(20,21)19-9-7-14(8-10-19)18-11-13-5-6-13/h2-4,13-14,18H,5-11H2,1H3. The summed E-state index contributed by atoms with van der Waals surface area (Å²) in [5.41, 5.74) is 0.946. The van der Waals surface area contributed by atoms with E-state index in [1.165, 1.54) is 12.8 Å². The Morgan fingerprint density at radius 3 is 2.55 bits per heavy atom. The van der Waals surface area contributed by atoms with Crippen LogP contribution < -0.4 is 5.32 Å². The molecule has 1 aromatic carbocycles. The van der Waals surface area contributed by atoms with Crippen molar-refractivity contribution in [3.8, 4) is 0 Å². The molecule has 4 nitrogen and oxygen atoms in total. The van der Waals surface area contributed by atoms with E-state index < -0.39 is 10.0 Å². The zero-order chi connectivity index (χ0) is 15.7. The summed E-state index contributed by atoms with van der Waals surface area (Å²) in [7, 11) is -3.40. The lowest BCUT2D eigenvalue weighted by Crippen LogP contribution is -2.45. The minimum absolute atomic E-state index is 0.386. The number of nitrogens with one attached hydrogen (secondary N) is 1. The quantitative estimate of drug-likeness (QED) is 0.845. The van der Waals surface area contributed by atoms with Crippen LogP contribution in [-0.2, 0) is 10.0 Å². The molecule has 1 saturated heterocycles. The van der Waals surface area contributed by atoms with Gasteiger partial charge in [-0.1, -0.05) is 12.1 Å². The van der Waals surface area contributed by atoms with Crippen LogP contribution in [0.4, 0.5) is 0 Å². The lowest BCUT2D eigenvalue weighted by Gasteiger charge is -2.32. The molecule has 2 fully saturated rings. The molecule has 22 heavy (non-hydrogen) atoms. The molecule has 1 heterocycles. The van der Waals surface area contributed by atoms with Gasteiger partial charge in [-0.3, -0.25) is 0 Å². The summed E-state index contributed by atoms with van der Waals surface area (Å²) in [6, 6.07) is 5.87. The van der Waals surface area contributed by atoms with Crippen LogP contribution in [0.1, 0.15) is 31.2 Å². The molecule has 2 aliphatic rings. The van der Waals surface area contributed by atoms with Gasteiger partial charge in [0.2, 0.25) is 10.0 Å². The van der Waals surface area contributed by atoms with Gasteiger partial charge in [0.1, 0.15) is 0 Å². The van der Waals surface area contributed by atoms with Crippen molar-refractivity contribution >= 4 is 26.0 Å². The summed E-state index contributed by atoms with van der Waals surface area (Å²) in [5.74, 6) is 0.866. The zero-order valence-electron chi connectivity index (χ0n) is 12.9. The SMILES string of the molecule is Cc1cccc(S(=O)(=O)N2CCC(NCC3CC3)CC2)c1Br. The molecule has 1 N–H and O–H groups in total. The highest BCUT2D eigenvalue weighted by Crippen LogP contribution is 2.30. The van der Waals surface area contributed by atoms with Crippen molar-refractivity contribution in [2.24, 2.45) is 5.92 Å². The summed E-state index contributed by atoms with van der Waals surface area (Å²) in [6.07, 6.45) is 4.49. The third kappa shape index (κ3) is 3.55. The second kappa shape index (κ2) is 6.59. The fraction of sp³-hybridized carbons (Fsp3) is 0.625. The maximum atomic E-state index is 12.8. The predicted octanol–water partition coefficient (Wildman–Crippen LogP) is 2.91. The van der Waals surface area contributed by atoms with Crippen LogP contribution in [0, 0.1) is 12.8 Å². The van der Waals surface area contributed by atoms with Gasteiger partial charge in [-0.05, 0) is 72.6 Å². The molecule has 0 spiro atoms. The van der Waals surface area contributed by atoms with Gasteiger partial charge in [0, 0.05) is 23.6 Å². The molecule has 0 bridgehead atoms. The fourth-order valence-corrected chi connectivity index (χ4v) is 5.40.